The number of aromatic nitrogens is 2. The van der Waals surface area contributed by atoms with Gasteiger partial charge in [-0.1, -0.05) is 116 Å². The maximum absolute atomic E-state index is 9.29. The highest BCUT2D eigenvalue weighted by atomic mass is 15.0. The molecule has 7 heteroatoms. The Balaban J connectivity index is 1.23. The number of amidine groups is 2. The van der Waals surface area contributed by atoms with Crippen LogP contribution < -0.4 is 0 Å². The van der Waals surface area contributed by atoms with E-state index in [1.54, 1.807) is 43.9 Å². The Morgan fingerprint density at radius 3 is 1.68 bits per heavy atom. The Bertz CT molecular complexity index is 2740. The third-order valence-electron chi connectivity index (χ3n) is 9.27. The predicted octanol–water partition coefficient (Wildman–Crippen LogP) is 10.5. The zero-order valence-corrected chi connectivity index (χ0v) is 30.9. The van der Waals surface area contributed by atoms with Crippen LogP contribution >= 0.6 is 0 Å². The van der Waals surface area contributed by atoms with Crippen molar-refractivity contribution in [3.63, 3.8) is 0 Å². The lowest BCUT2D eigenvalue weighted by Gasteiger charge is -2.12. The number of pyridine rings is 2. The topological polar surface area (TPSA) is 99.0 Å². The summed E-state index contributed by atoms with van der Waals surface area (Å²) in [5.74, 6) is 0.936. The first-order chi connectivity index (χ1) is 27.6. The third-order valence-corrected chi connectivity index (χ3v) is 9.27. The third kappa shape index (κ3) is 8.41. The second-order valence-corrected chi connectivity index (χ2v) is 12.8. The Morgan fingerprint density at radius 2 is 1.16 bits per heavy atom. The average molecular weight is 724 g/mol. The van der Waals surface area contributed by atoms with Gasteiger partial charge in [-0.3, -0.25) is 20.0 Å². The normalized spacial score (nSPS) is 12.6. The summed E-state index contributed by atoms with van der Waals surface area (Å²) >= 11 is 0. The minimum absolute atomic E-state index is 0.356. The second-order valence-electron chi connectivity index (χ2n) is 12.8. The van der Waals surface area contributed by atoms with Gasteiger partial charge < -0.3 is 0 Å². The van der Waals surface area contributed by atoms with Gasteiger partial charge in [0.15, 0.2) is 11.7 Å². The van der Waals surface area contributed by atoms with E-state index in [0.717, 1.165) is 71.9 Å². The molecule has 56 heavy (non-hydrogen) atoms. The zero-order valence-electron chi connectivity index (χ0n) is 30.9. The number of aliphatic imine (C=N–C) groups is 4. The molecule has 0 saturated carbocycles. The molecule has 7 rings (SSSR count). The van der Waals surface area contributed by atoms with Gasteiger partial charge in [0, 0.05) is 47.6 Å². The number of hydrogen-bond acceptors (Lipinski definition) is 5. The lowest BCUT2D eigenvalue weighted by Crippen LogP contribution is -2.06. The van der Waals surface area contributed by atoms with E-state index in [9.17, 15) is 5.26 Å². The molecule has 2 aromatic heterocycles. The number of rotatable bonds is 10. The Labute approximate surface area is 326 Å². The Kier molecular flexibility index (Phi) is 11.4. The molecule has 0 saturated heterocycles. The van der Waals surface area contributed by atoms with E-state index >= 15 is 0 Å². The first-order valence-corrected chi connectivity index (χ1v) is 18.0. The zero-order chi connectivity index (χ0) is 38.7. The summed E-state index contributed by atoms with van der Waals surface area (Å²) in [4.78, 5) is 27.7. The van der Waals surface area contributed by atoms with E-state index in [-0.39, 0.29) is 0 Å². The highest BCUT2D eigenvalue weighted by Gasteiger charge is 2.12. The van der Waals surface area contributed by atoms with Crippen LogP contribution in [0.2, 0.25) is 0 Å². The van der Waals surface area contributed by atoms with Crippen LogP contribution in [0.3, 0.4) is 0 Å². The molecule has 0 unspecified atom stereocenters. The highest BCUT2D eigenvalue weighted by molar-refractivity contribution is 6.13. The van der Waals surface area contributed by atoms with Crippen LogP contribution in [-0.4, -0.2) is 41.6 Å². The second kappa shape index (κ2) is 17.4. The van der Waals surface area contributed by atoms with Crippen LogP contribution in [0.5, 0.6) is 0 Å². The molecule has 0 atom stereocenters. The quantitative estimate of drug-likeness (QED) is 0.0798. The number of nitrogens with zero attached hydrogens (tertiary/aromatic N) is 7. The number of allylic oxidation sites excluding steroid dienone is 3. The minimum Gasteiger partial charge on any atom is -0.296 e. The summed E-state index contributed by atoms with van der Waals surface area (Å²) in [6.45, 7) is 8.22. The molecule has 0 amide bonds. The molecule has 7 aromatic rings. The van der Waals surface area contributed by atoms with Crippen molar-refractivity contribution in [3.8, 4) is 6.07 Å². The van der Waals surface area contributed by atoms with Gasteiger partial charge in [0.05, 0.1) is 29.2 Å². The summed E-state index contributed by atoms with van der Waals surface area (Å²) in [5.41, 5.74) is 11.1. The molecule has 0 spiro atoms. The summed E-state index contributed by atoms with van der Waals surface area (Å²) in [6, 6.07) is 46.3. The van der Waals surface area contributed by atoms with Crippen LogP contribution in [0.25, 0.3) is 33.0 Å². The molecule has 2 heterocycles. The van der Waals surface area contributed by atoms with E-state index in [2.05, 4.69) is 100.0 Å². The van der Waals surface area contributed by atoms with Crippen molar-refractivity contribution in [2.24, 2.45) is 20.0 Å². The fourth-order valence-corrected chi connectivity index (χ4v) is 6.38. The van der Waals surface area contributed by atoms with Crippen molar-refractivity contribution >= 4 is 57.6 Å². The van der Waals surface area contributed by atoms with Gasteiger partial charge >= 0.3 is 0 Å². The van der Waals surface area contributed by atoms with Gasteiger partial charge in [-0.25, -0.2) is 9.98 Å². The smallest absolute Gasteiger partial charge is 0.161 e. The van der Waals surface area contributed by atoms with E-state index < -0.39 is 0 Å². The first-order valence-electron chi connectivity index (χ1n) is 18.0. The van der Waals surface area contributed by atoms with Crippen LogP contribution in [-0.2, 0) is 6.54 Å². The molecular weight excluding hydrogens is 687 g/mol. The van der Waals surface area contributed by atoms with Crippen molar-refractivity contribution in [2.75, 3.05) is 7.05 Å². The predicted molar refractivity (Wildman–Crippen MR) is 233 cm³/mol. The van der Waals surface area contributed by atoms with Gasteiger partial charge in [-0.15, -0.1) is 0 Å². The SMILES string of the molecule is C=C/C=C(/c1ccc(C(/N=C(\N=C)c2ccc(/C(=C/C=N\C)c3ccc4cccnc4c3)cc2)=N/Cc2ccc(C#N)cc2)cc1)c1ccc2cccnc2c1. The minimum atomic E-state index is 0.356. The standard InChI is InChI=1S/C49H37N7/c1-4-7-44(42-24-18-38-8-5-27-53-46(38)30-42)36-16-22-41(23-17-36)49(55-33-35-12-10-34(32-50)11-13-35)56-48(52-3)40-20-14-37(15-21-40)45(26-29-51-2)43-25-19-39-9-6-28-54-47(39)31-43/h4-31H,1,3,33H2,2H3/b44-7-,45-26-,51-29-,55-49-,56-48-. The fourth-order valence-electron chi connectivity index (χ4n) is 6.38. The number of fused-ring (bicyclic) bond motifs is 2. The van der Waals surface area contributed by atoms with Gasteiger partial charge in [-0.05, 0) is 88.2 Å². The Hall–Kier alpha value is -7.69. The molecule has 0 aliphatic rings. The van der Waals surface area contributed by atoms with Crippen LogP contribution in [0.4, 0.5) is 0 Å². The average Bonchev–Trinajstić information content (AvgIpc) is 3.26. The molecule has 0 radical (unpaired) electrons. The largest absolute Gasteiger partial charge is 0.296 e. The molecule has 0 N–H and O–H groups in total. The maximum Gasteiger partial charge on any atom is 0.161 e. The molecule has 268 valence electrons. The number of nitriles is 1. The molecule has 7 nitrogen and oxygen atoms in total. The summed E-state index contributed by atoms with van der Waals surface area (Å²) < 4.78 is 0. The van der Waals surface area contributed by atoms with Gasteiger partial charge in [0.1, 0.15) is 0 Å². The van der Waals surface area contributed by atoms with E-state index in [0.29, 0.717) is 23.8 Å². The van der Waals surface area contributed by atoms with Crippen molar-refractivity contribution in [1.29, 1.82) is 5.26 Å². The van der Waals surface area contributed by atoms with Crippen LogP contribution in [0.15, 0.2) is 191 Å². The number of hydrogen-bond donors (Lipinski definition) is 0. The fraction of sp³-hybridized carbons (Fsp3) is 0.0408. The lowest BCUT2D eigenvalue weighted by atomic mass is 9.95. The van der Waals surface area contributed by atoms with Crippen molar-refractivity contribution < 1.29 is 0 Å². The first kappa shape index (κ1) is 36.7. The van der Waals surface area contributed by atoms with Crippen LogP contribution in [0.1, 0.15) is 44.5 Å². The summed E-state index contributed by atoms with van der Waals surface area (Å²) in [5, 5.41) is 11.5. The summed E-state index contributed by atoms with van der Waals surface area (Å²) in [6.07, 6.45) is 11.2. The van der Waals surface area contributed by atoms with E-state index in [1.165, 1.54) is 0 Å². The molecular formula is C49H37N7. The van der Waals surface area contributed by atoms with Crippen molar-refractivity contribution in [2.45, 2.75) is 6.54 Å². The molecule has 0 aliphatic carbocycles. The maximum atomic E-state index is 9.29. The van der Waals surface area contributed by atoms with Crippen molar-refractivity contribution in [1.82, 2.24) is 9.97 Å². The lowest BCUT2D eigenvalue weighted by molar-refractivity contribution is 1.06. The van der Waals surface area contributed by atoms with Gasteiger partial charge in [0.25, 0.3) is 0 Å². The number of benzene rings is 5. The molecule has 0 aliphatic heterocycles. The highest BCUT2D eigenvalue weighted by Crippen LogP contribution is 2.28. The van der Waals surface area contributed by atoms with Gasteiger partial charge in [-0.2, -0.15) is 5.26 Å². The molecule has 0 fully saturated rings. The summed E-state index contributed by atoms with van der Waals surface area (Å²) in [7, 11) is 1.76. The Morgan fingerprint density at radius 1 is 0.643 bits per heavy atom. The van der Waals surface area contributed by atoms with E-state index in [1.807, 2.05) is 72.8 Å². The van der Waals surface area contributed by atoms with Gasteiger partial charge in [0.2, 0.25) is 0 Å². The monoisotopic (exact) mass is 723 g/mol. The van der Waals surface area contributed by atoms with Crippen molar-refractivity contribution in [3.05, 3.63) is 215 Å². The van der Waals surface area contributed by atoms with E-state index in [4.69, 9.17) is 9.98 Å². The molecule has 5 aromatic carbocycles. The van der Waals surface area contributed by atoms with Crippen LogP contribution in [0, 0.1) is 11.3 Å². The molecule has 0 bridgehead atoms.